The van der Waals surface area contributed by atoms with Gasteiger partial charge in [0.05, 0.1) is 11.4 Å². The Labute approximate surface area is 175 Å². The number of rotatable bonds is 3. The molecule has 0 unspecified atom stereocenters. The van der Waals surface area contributed by atoms with Gasteiger partial charge in [0.1, 0.15) is 5.60 Å². The van der Waals surface area contributed by atoms with E-state index in [9.17, 15) is 14.7 Å². The molecule has 5 rings (SSSR count). The van der Waals surface area contributed by atoms with Crippen molar-refractivity contribution >= 4 is 28.8 Å². The number of fused-ring (bicyclic) bond motifs is 1. The Bertz CT molecular complexity index is 1040. The highest BCUT2D eigenvalue weighted by molar-refractivity contribution is 6.34. The van der Waals surface area contributed by atoms with E-state index in [2.05, 4.69) is 16.3 Å². The fourth-order valence-electron chi connectivity index (χ4n) is 4.29. The van der Waals surface area contributed by atoms with Crippen LogP contribution in [0, 0.1) is 0 Å². The first-order valence-corrected chi connectivity index (χ1v) is 10.4. The summed E-state index contributed by atoms with van der Waals surface area (Å²) in [5.74, 6) is -0.218. The van der Waals surface area contributed by atoms with E-state index in [1.807, 2.05) is 37.3 Å². The fourth-order valence-corrected chi connectivity index (χ4v) is 4.29. The largest absolute Gasteiger partial charge is 0.380 e. The molecule has 2 aliphatic carbocycles. The van der Waals surface area contributed by atoms with Crippen LogP contribution >= 0.6 is 0 Å². The Hall–Kier alpha value is -3.06. The smallest absolute Gasteiger partial charge is 0.254 e. The summed E-state index contributed by atoms with van der Waals surface area (Å²) in [5, 5.41) is 18.4. The predicted octanol–water partition coefficient (Wildman–Crippen LogP) is 2.04. The number of benzene rings is 1. The molecular formula is C23H24N4O3. The molecule has 1 saturated heterocycles. The maximum absolute atomic E-state index is 12.9. The second-order valence-electron chi connectivity index (χ2n) is 8.32. The van der Waals surface area contributed by atoms with E-state index in [1.54, 1.807) is 9.80 Å². The minimum atomic E-state index is -1.14. The van der Waals surface area contributed by atoms with Gasteiger partial charge >= 0.3 is 0 Å². The van der Waals surface area contributed by atoms with E-state index in [0.717, 1.165) is 29.0 Å². The minimum Gasteiger partial charge on any atom is -0.380 e. The molecule has 0 spiro atoms. The van der Waals surface area contributed by atoms with Crippen molar-refractivity contribution in [3.8, 4) is 0 Å². The highest BCUT2D eigenvalue weighted by Gasteiger charge is 2.50. The SMILES string of the molecule is CC1=NN=C2C=CCC(c3ccc(C(=O)N4CCN(C(=O)C5(O)CC5)CC4)cc3)=C12. The zero-order chi connectivity index (χ0) is 20.9. The molecular weight excluding hydrogens is 380 g/mol. The lowest BCUT2D eigenvalue weighted by Crippen LogP contribution is -2.53. The summed E-state index contributed by atoms with van der Waals surface area (Å²) in [4.78, 5) is 28.6. The number of aliphatic hydroxyl groups is 1. The van der Waals surface area contributed by atoms with E-state index in [-0.39, 0.29) is 11.8 Å². The van der Waals surface area contributed by atoms with Gasteiger partial charge in [0.15, 0.2) is 0 Å². The summed E-state index contributed by atoms with van der Waals surface area (Å²) in [6.45, 7) is 3.87. The second-order valence-corrected chi connectivity index (χ2v) is 8.32. The van der Waals surface area contributed by atoms with Crippen LogP contribution in [0.3, 0.4) is 0 Å². The van der Waals surface area contributed by atoms with Gasteiger partial charge in [0.25, 0.3) is 11.8 Å². The molecule has 1 saturated carbocycles. The van der Waals surface area contributed by atoms with Crippen LogP contribution in [0.15, 0.2) is 52.2 Å². The van der Waals surface area contributed by atoms with Gasteiger partial charge in [-0.15, -0.1) is 0 Å². The molecule has 30 heavy (non-hydrogen) atoms. The van der Waals surface area contributed by atoms with Crippen molar-refractivity contribution in [2.24, 2.45) is 10.2 Å². The van der Waals surface area contributed by atoms with E-state index >= 15 is 0 Å². The molecule has 2 heterocycles. The van der Waals surface area contributed by atoms with Crippen molar-refractivity contribution in [1.29, 1.82) is 0 Å². The first kappa shape index (κ1) is 18.9. The maximum atomic E-state index is 12.9. The number of allylic oxidation sites excluding steroid dienone is 4. The lowest BCUT2D eigenvalue weighted by atomic mass is 9.88. The quantitative estimate of drug-likeness (QED) is 0.837. The van der Waals surface area contributed by atoms with E-state index in [4.69, 9.17) is 0 Å². The number of hydrogen-bond donors (Lipinski definition) is 1. The first-order chi connectivity index (χ1) is 14.5. The first-order valence-electron chi connectivity index (χ1n) is 10.4. The van der Waals surface area contributed by atoms with Crippen molar-refractivity contribution in [3.63, 3.8) is 0 Å². The van der Waals surface area contributed by atoms with Crippen LogP contribution in [-0.2, 0) is 4.79 Å². The third-order valence-electron chi connectivity index (χ3n) is 6.28. The molecule has 4 aliphatic rings. The second kappa shape index (κ2) is 7.02. The van der Waals surface area contributed by atoms with Crippen LogP contribution in [0.4, 0.5) is 0 Å². The van der Waals surface area contributed by atoms with Crippen LogP contribution in [0.1, 0.15) is 42.1 Å². The monoisotopic (exact) mass is 404 g/mol. The highest BCUT2D eigenvalue weighted by Crippen LogP contribution is 2.37. The Kier molecular flexibility index (Phi) is 4.43. The number of piperazine rings is 1. The normalized spacial score (nSPS) is 21.9. The third-order valence-corrected chi connectivity index (χ3v) is 6.28. The lowest BCUT2D eigenvalue weighted by Gasteiger charge is -2.35. The van der Waals surface area contributed by atoms with Gasteiger partial charge in [-0.1, -0.05) is 18.2 Å². The van der Waals surface area contributed by atoms with E-state index in [0.29, 0.717) is 44.6 Å². The van der Waals surface area contributed by atoms with Gasteiger partial charge < -0.3 is 14.9 Å². The van der Waals surface area contributed by atoms with Crippen LogP contribution < -0.4 is 0 Å². The number of nitrogens with zero attached hydrogens (tertiary/aromatic N) is 4. The average Bonchev–Trinajstić information content (AvgIpc) is 3.43. The van der Waals surface area contributed by atoms with Crippen molar-refractivity contribution in [3.05, 3.63) is 53.1 Å². The van der Waals surface area contributed by atoms with Gasteiger partial charge in [0.2, 0.25) is 0 Å². The molecule has 0 radical (unpaired) electrons. The molecule has 7 nitrogen and oxygen atoms in total. The predicted molar refractivity (Wildman–Crippen MR) is 114 cm³/mol. The molecule has 7 heteroatoms. The summed E-state index contributed by atoms with van der Waals surface area (Å²) in [7, 11) is 0. The molecule has 2 fully saturated rings. The summed E-state index contributed by atoms with van der Waals surface area (Å²) in [6.07, 6.45) is 6.00. The zero-order valence-corrected chi connectivity index (χ0v) is 17.0. The van der Waals surface area contributed by atoms with Crippen molar-refractivity contribution < 1.29 is 14.7 Å². The zero-order valence-electron chi connectivity index (χ0n) is 17.0. The summed E-state index contributed by atoms with van der Waals surface area (Å²) in [5.41, 5.74) is 4.67. The van der Waals surface area contributed by atoms with Gasteiger partial charge in [-0.05, 0) is 55.5 Å². The van der Waals surface area contributed by atoms with Gasteiger partial charge in [-0.3, -0.25) is 9.59 Å². The Balaban J connectivity index is 1.27. The molecule has 0 aromatic heterocycles. The van der Waals surface area contributed by atoms with Gasteiger partial charge in [-0.25, -0.2) is 0 Å². The van der Waals surface area contributed by atoms with Gasteiger partial charge in [-0.2, -0.15) is 10.2 Å². The molecule has 0 atom stereocenters. The average molecular weight is 404 g/mol. The lowest BCUT2D eigenvalue weighted by molar-refractivity contribution is -0.143. The summed E-state index contributed by atoms with van der Waals surface area (Å²) < 4.78 is 0. The van der Waals surface area contributed by atoms with Gasteiger partial charge in [0, 0.05) is 37.3 Å². The third kappa shape index (κ3) is 3.19. The standard InChI is InChI=1S/C23H24N4O3/c1-15-20-18(3-2-4-19(20)25-24-15)16-5-7-17(8-6-16)21(28)26-11-13-27(14-12-26)22(29)23(30)9-10-23/h2,4-8,30H,3,9-14H2,1H3. The maximum Gasteiger partial charge on any atom is 0.254 e. The Morgan fingerprint density at radius 2 is 1.67 bits per heavy atom. The fraction of sp³-hybridized carbons (Fsp3) is 0.391. The topological polar surface area (TPSA) is 85.6 Å². The Morgan fingerprint density at radius 3 is 2.33 bits per heavy atom. The van der Waals surface area contributed by atoms with Crippen LogP contribution in [0.5, 0.6) is 0 Å². The van der Waals surface area contributed by atoms with Crippen molar-refractivity contribution in [2.45, 2.75) is 31.8 Å². The van der Waals surface area contributed by atoms with Crippen LogP contribution in [0.25, 0.3) is 5.57 Å². The molecule has 1 N–H and O–H groups in total. The molecule has 154 valence electrons. The molecule has 2 amide bonds. The number of hydrogen-bond acceptors (Lipinski definition) is 5. The molecule has 1 aromatic carbocycles. The van der Waals surface area contributed by atoms with Crippen LogP contribution in [-0.4, -0.2) is 69.9 Å². The van der Waals surface area contributed by atoms with Crippen molar-refractivity contribution in [2.75, 3.05) is 26.2 Å². The molecule has 1 aromatic rings. The van der Waals surface area contributed by atoms with Crippen molar-refractivity contribution in [1.82, 2.24) is 9.80 Å². The Morgan fingerprint density at radius 1 is 1.00 bits per heavy atom. The summed E-state index contributed by atoms with van der Waals surface area (Å²) >= 11 is 0. The molecule has 0 bridgehead atoms. The minimum absolute atomic E-state index is 0.0270. The number of carbonyl (C=O) groups excluding carboxylic acids is 2. The number of amides is 2. The highest BCUT2D eigenvalue weighted by atomic mass is 16.3. The number of carbonyl (C=O) groups is 2. The summed E-state index contributed by atoms with van der Waals surface area (Å²) in [6, 6.07) is 7.71. The van der Waals surface area contributed by atoms with E-state index in [1.165, 1.54) is 5.57 Å². The van der Waals surface area contributed by atoms with Crippen LogP contribution in [0.2, 0.25) is 0 Å². The van der Waals surface area contributed by atoms with E-state index < -0.39 is 5.60 Å². The molecule has 2 aliphatic heterocycles.